The third kappa shape index (κ3) is 5.15. The first kappa shape index (κ1) is 15.8. The fraction of sp³-hybridized carbons (Fsp3) is 0.250. The molecule has 0 aliphatic carbocycles. The number of carbonyl (C=O) groups is 3. The Kier molecular flexibility index (Phi) is 6.31. The van der Waals surface area contributed by atoms with Gasteiger partial charge in [-0.2, -0.15) is 0 Å². The highest BCUT2D eigenvalue weighted by Gasteiger charge is 2.14. The molecule has 0 saturated heterocycles. The number of nitrogens with one attached hydrogen (secondary N) is 3. The Bertz CT molecular complexity index is 507. The molecular formula is C12H14ClN3O4. The number of hydrogen-bond donors (Lipinski definition) is 4. The number of phenolic OH excluding ortho intramolecular Hbond substituents is 1. The van der Waals surface area contributed by atoms with E-state index in [1.807, 2.05) is 0 Å². The van der Waals surface area contributed by atoms with Crippen LogP contribution in [0.15, 0.2) is 18.2 Å². The van der Waals surface area contributed by atoms with E-state index < -0.39 is 11.8 Å². The molecule has 20 heavy (non-hydrogen) atoms. The Labute approximate surface area is 120 Å². The third-order valence-electron chi connectivity index (χ3n) is 2.28. The number of hydrogen-bond acceptors (Lipinski definition) is 4. The average Bonchev–Trinajstić information content (AvgIpc) is 2.42. The maximum Gasteiger partial charge on any atom is 0.313 e. The van der Waals surface area contributed by atoms with E-state index in [-0.39, 0.29) is 18.0 Å². The number of benzene rings is 1. The van der Waals surface area contributed by atoms with Crippen molar-refractivity contribution in [3.8, 4) is 5.75 Å². The Morgan fingerprint density at radius 3 is 2.70 bits per heavy atom. The Hall–Kier alpha value is -2.28. The van der Waals surface area contributed by atoms with Gasteiger partial charge >= 0.3 is 11.8 Å². The van der Waals surface area contributed by atoms with E-state index in [0.29, 0.717) is 24.4 Å². The number of amides is 3. The fourth-order valence-corrected chi connectivity index (χ4v) is 1.49. The molecule has 4 N–H and O–H groups in total. The van der Waals surface area contributed by atoms with Gasteiger partial charge in [-0.25, -0.2) is 0 Å². The van der Waals surface area contributed by atoms with Crippen molar-refractivity contribution in [1.29, 1.82) is 0 Å². The minimum atomic E-state index is -0.911. The summed E-state index contributed by atoms with van der Waals surface area (Å²) in [7, 11) is 0. The average molecular weight is 300 g/mol. The maximum atomic E-state index is 11.5. The van der Waals surface area contributed by atoms with E-state index in [4.69, 9.17) is 11.6 Å². The summed E-state index contributed by atoms with van der Waals surface area (Å²) < 4.78 is 0. The second-order valence-electron chi connectivity index (χ2n) is 3.80. The van der Waals surface area contributed by atoms with Gasteiger partial charge < -0.3 is 21.1 Å². The topological polar surface area (TPSA) is 108 Å². The normalized spacial score (nSPS) is 9.65. The number of anilines is 1. The van der Waals surface area contributed by atoms with Gasteiger partial charge in [0.25, 0.3) is 0 Å². The molecule has 0 saturated carbocycles. The lowest BCUT2D eigenvalue weighted by Crippen LogP contribution is -2.36. The van der Waals surface area contributed by atoms with Crippen molar-refractivity contribution < 1.29 is 19.5 Å². The summed E-state index contributed by atoms with van der Waals surface area (Å²) in [6.07, 6.45) is 1.05. The summed E-state index contributed by atoms with van der Waals surface area (Å²) >= 11 is 5.71. The second kappa shape index (κ2) is 8.00. The zero-order chi connectivity index (χ0) is 15.0. The van der Waals surface area contributed by atoms with E-state index in [1.165, 1.54) is 18.2 Å². The third-order valence-corrected chi connectivity index (χ3v) is 2.51. The van der Waals surface area contributed by atoms with E-state index in [1.54, 1.807) is 0 Å². The smallest absolute Gasteiger partial charge is 0.313 e. The van der Waals surface area contributed by atoms with Crippen LogP contribution in [0.4, 0.5) is 5.69 Å². The molecule has 108 valence electrons. The Morgan fingerprint density at radius 2 is 2.00 bits per heavy atom. The van der Waals surface area contributed by atoms with Crippen LogP contribution in [-0.2, 0) is 14.4 Å². The lowest BCUT2D eigenvalue weighted by Gasteiger charge is -2.08. The molecule has 1 rings (SSSR count). The molecule has 1 aromatic rings. The maximum absolute atomic E-state index is 11.5. The molecule has 0 aromatic heterocycles. The first-order chi connectivity index (χ1) is 9.54. The van der Waals surface area contributed by atoms with Crippen LogP contribution < -0.4 is 16.0 Å². The number of carbonyl (C=O) groups excluding carboxylic acids is 3. The molecule has 0 radical (unpaired) electrons. The van der Waals surface area contributed by atoms with Gasteiger partial charge in [0, 0.05) is 18.1 Å². The van der Waals surface area contributed by atoms with Gasteiger partial charge in [-0.3, -0.25) is 14.4 Å². The summed E-state index contributed by atoms with van der Waals surface area (Å²) in [6.45, 7) is 0.648. The summed E-state index contributed by atoms with van der Waals surface area (Å²) in [5, 5.41) is 16.9. The van der Waals surface area contributed by atoms with Crippen LogP contribution in [0, 0.1) is 0 Å². The van der Waals surface area contributed by atoms with Gasteiger partial charge in [-0.05, 0) is 24.6 Å². The van der Waals surface area contributed by atoms with Crippen molar-refractivity contribution in [3.05, 3.63) is 23.2 Å². The first-order valence-electron chi connectivity index (χ1n) is 5.79. The fourth-order valence-electron chi connectivity index (χ4n) is 1.32. The van der Waals surface area contributed by atoms with Crippen LogP contribution in [-0.4, -0.2) is 36.4 Å². The predicted molar refractivity (Wildman–Crippen MR) is 73.4 cm³/mol. The van der Waals surface area contributed by atoms with Gasteiger partial charge in [-0.1, -0.05) is 11.6 Å². The number of halogens is 1. The van der Waals surface area contributed by atoms with E-state index >= 15 is 0 Å². The van der Waals surface area contributed by atoms with Gasteiger partial charge in [0.15, 0.2) is 0 Å². The van der Waals surface area contributed by atoms with Crippen molar-refractivity contribution in [2.75, 3.05) is 18.4 Å². The van der Waals surface area contributed by atoms with Gasteiger partial charge in [-0.15, -0.1) is 0 Å². The van der Waals surface area contributed by atoms with E-state index in [9.17, 15) is 19.5 Å². The summed E-state index contributed by atoms with van der Waals surface area (Å²) in [5.74, 6) is -1.94. The van der Waals surface area contributed by atoms with Crippen molar-refractivity contribution in [2.45, 2.75) is 6.42 Å². The van der Waals surface area contributed by atoms with Gasteiger partial charge in [0.05, 0.1) is 5.69 Å². The molecule has 0 atom stereocenters. The first-order valence-corrected chi connectivity index (χ1v) is 6.17. The SMILES string of the molecule is O=CNCCCNC(=O)C(=O)Nc1cc(Cl)ccc1O. The summed E-state index contributed by atoms with van der Waals surface area (Å²) in [6, 6.07) is 4.09. The minimum absolute atomic E-state index is 0.0558. The zero-order valence-corrected chi connectivity index (χ0v) is 11.2. The number of aromatic hydroxyl groups is 1. The monoisotopic (exact) mass is 299 g/mol. The van der Waals surface area contributed by atoms with Gasteiger partial charge in [0.2, 0.25) is 6.41 Å². The lowest BCUT2D eigenvalue weighted by atomic mass is 10.3. The molecule has 1 aromatic carbocycles. The largest absolute Gasteiger partial charge is 0.506 e. The molecule has 8 heteroatoms. The van der Waals surface area contributed by atoms with Crippen molar-refractivity contribution >= 4 is 35.5 Å². The van der Waals surface area contributed by atoms with E-state index in [0.717, 1.165) is 0 Å². The molecular weight excluding hydrogens is 286 g/mol. The van der Waals surface area contributed by atoms with Gasteiger partial charge in [0.1, 0.15) is 5.75 Å². The summed E-state index contributed by atoms with van der Waals surface area (Å²) in [4.78, 5) is 33.0. The van der Waals surface area contributed by atoms with Crippen LogP contribution in [0.1, 0.15) is 6.42 Å². The van der Waals surface area contributed by atoms with Crippen LogP contribution in [0.25, 0.3) is 0 Å². The standard InChI is InChI=1S/C12H14ClN3O4/c13-8-2-3-10(18)9(6-8)16-12(20)11(19)15-5-1-4-14-7-17/h2-3,6-7,18H,1,4-5H2,(H,14,17)(H,15,19)(H,16,20). The molecule has 0 aliphatic rings. The zero-order valence-electron chi connectivity index (χ0n) is 10.5. The van der Waals surface area contributed by atoms with Crippen LogP contribution >= 0.6 is 11.6 Å². The Balaban J connectivity index is 2.43. The predicted octanol–water partition coefficient (Wildman–Crippen LogP) is 0.236. The molecule has 0 unspecified atom stereocenters. The summed E-state index contributed by atoms with van der Waals surface area (Å²) in [5.41, 5.74) is 0.0558. The molecule has 0 spiro atoms. The number of rotatable bonds is 6. The quantitative estimate of drug-likeness (QED) is 0.261. The molecule has 0 aliphatic heterocycles. The molecule has 0 bridgehead atoms. The Morgan fingerprint density at radius 1 is 1.25 bits per heavy atom. The van der Waals surface area contributed by atoms with Crippen LogP contribution in [0.5, 0.6) is 5.75 Å². The molecule has 0 fully saturated rings. The van der Waals surface area contributed by atoms with Crippen LogP contribution in [0.2, 0.25) is 5.02 Å². The van der Waals surface area contributed by atoms with Crippen LogP contribution in [0.3, 0.4) is 0 Å². The second-order valence-corrected chi connectivity index (χ2v) is 4.23. The lowest BCUT2D eigenvalue weighted by molar-refractivity contribution is -0.136. The van der Waals surface area contributed by atoms with Crippen molar-refractivity contribution in [2.24, 2.45) is 0 Å². The minimum Gasteiger partial charge on any atom is -0.506 e. The molecule has 3 amide bonds. The molecule has 7 nitrogen and oxygen atoms in total. The highest BCUT2D eigenvalue weighted by molar-refractivity contribution is 6.40. The highest BCUT2D eigenvalue weighted by atomic mass is 35.5. The van der Waals surface area contributed by atoms with Crippen molar-refractivity contribution in [3.63, 3.8) is 0 Å². The molecule has 0 heterocycles. The van der Waals surface area contributed by atoms with E-state index in [2.05, 4.69) is 16.0 Å². The highest BCUT2D eigenvalue weighted by Crippen LogP contribution is 2.26. The number of phenols is 1. The van der Waals surface area contributed by atoms with Crippen molar-refractivity contribution in [1.82, 2.24) is 10.6 Å².